The molecule has 0 saturated heterocycles. The van der Waals surface area contributed by atoms with Gasteiger partial charge in [-0.1, -0.05) is 13.3 Å². The molecule has 0 spiro atoms. The number of nitrogens with zero attached hydrogens (tertiary/aromatic N) is 1. The summed E-state index contributed by atoms with van der Waals surface area (Å²) in [6.07, 6.45) is 4.06. The first kappa shape index (κ1) is 18.2. The molecule has 0 amide bonds. The van der Waals surface area contributed by atoms with Crippen LogP contribution in [-0.2, 0) is 14.2 Å². The summed E-state index contributed by atoms with van der Waals surface area (Å²) in [5.74, 6) is 1.44. The van der Waals surface area contributed by atoms with Crippen LogP contribution in [0.15, 0.2) is 23.2 Å². The van der Waals surface area contributed by atoms with Crippen molar-refractivity contribution < 1.29 is 14.2 Å². The van der Waals surface area contributed by atoms with Crippen LogP contribution in [0, 0.1) is 0 Å². The third-order valence-electron chi connectivity index (χ3n) is 2.64. The molecule has 0 saturated carbocycles. The minimum Gasteiger partial charge on any atom is -0.384 e. The number of nitrogen functional groups attached to an aromatic ring is 1. The Hall–Kier alpha value is -0.820. The Labute approximate surface area is 131 Å². The van der Waals surface area contributed by atoms with Crippen molar-refractivity contribution in [2.45, 2.75) is 24.7 Å². The summed E-state index contributed by atoms with van der Waals surface area (Å²) in [6, 6.07) is 3.77. The summed E-state index contributed by atoms with van der Waals surface area (Å²) in [4.78, 5) is 5.14. The largest absolute Gasteiger partial charge is 0.384 e. The molecule has 0 fully saturated rings. The molecule has 0 unspecified atom stereocenters. The predicted octanol–water partition coefficient (Wildman–Crippen LogP) is 2.61. The zero-order valence-electron chi connectivity index (χ0n) is 12.8. The normalized spacial score (nSPS) is 10.9. The standard InChI is InChI=1S/C15H26N2O3S/c1-2-3-6-18-7-8-19-9-10-20-11-12-21-14-4-5-15(16)17-13-14/h4-5,13H,2-3,6-12H2,1H3,(H2,16,17). The van der Waals surface area contributed by atoms with Gasteiger partial charge in [-0.15, -0.1) is 11.8 Å². The van der Waals surface area contributed by atoms with Crippen LogP contribution in [0.25, 0.3) is 0 Å². The third kappa shape index (κ3) is 10.5. The number of aromatic nitrogens is 1. The van der Waals surface area contributed by atoms with Gasteiger partial charge >= 0.3 is 0 Å². The number of ether oxygens (including phenoxy) is 3. The number of thioether (sulfide) groups is 1. The van der Waals surface area contributed by atoms with Crippen LogP contribution >= 0.6 is 11.8 Å². The Balaban J connectivity index is 1.81. The molecular formula is C15H26N2O3S. The summed E-state index contributed by atoms with van der Waals surface area (Å²) in [5, 5.41) is 0. The van der Waals surface area contributed by atoms with Crippen molar-refractivity contribution in [1.82, 2.24) is 4.98 Å². The fourth-order valence-electron chi connectivity index (χ4n) is 1.48. The predicted molar refractivity (Wildman–Crippen MR) is 86.7 cm³/mol. The Kier molecular flexibility index (Phi) is 11.2. The van der Waals surface area contributed by atoms with E-state index in [1.165, 1.54) is 6.42 Å². The Bertz CT molecular complexity index is 349. The van der Waals surface area contributed by atoms with Gasteiger partial charge in [0.1, 0.15) is 5.82 Å². The second-order valence-electron chi connectivity index (χ2n) is 4.46. The Morgan fingerprint density at radius 1 is 1.00 bits per heavy atom. The van der Waals surface area contributed by atoms with Crippen LogP contribution in [0.5, 0.6) is 0 Å². The van der Waals surface area contributed by atoms with Crippen molar-refractivity contribution in [2.75, 3.05) is 51.1 Å². The molecule has 0 radical (unpaired) electrons. The lowest BCUT2D eigenvalue weighted by atomic mass is 10.4. The molecular weight excluding hydrogens is 288 g/mol. The highest BCUT2D eigenvalue weighted by Crippen LogP contribution is 2.16. The Morgan fingerprint density at radius 2 is 1.67 bits per heavy atom. The molecule has 0 atom stereocenters. The fraction of sp³-hybridized carbons (Fsp3) is 0.667. The highest BCUT2D eigenvalue weighted by atomic mass is 32.2. The molecule has 1 aromatic rings. The van der Waals surface area contributed by atoms with Gasteiger partial charge in [0.15, 0.2) is 0 Å². The van der Waals surface area contributed by atoms with Gasteiger partial charge < -0.3 is 19.9 Å². The molecule has 2 N–H and O–H groups in total. The number of hydrogen-bond acceptors (Lipinski definition) is 6. The molecule has 0 bridgehead atoms. The van der Waals surface area contributed by atoms with E-state index in [4.69, 9.17) is 19.9 Å². The molecule has 21 heavy (non-hydrogen) atoms. The Morgan fingerprint density at radius 3 is 2.29 bits per heavy atom. The first-order chi connectivity index (χ1) is 10.3. The van der Waals surface area contributed by atoms with Gasteiger partial charge in [-0.05, 0) is 18.6 Å². The zero-order chi connectivity index (χ0) is 15.2. The van der Waals surface area contributed by atoms with Gasteiger partial charge in [-0.2, -0.15) is 0 Å². The van der Waals surface area contributed by atoms with E-state index < -0.39 is 0 Å². The summed E-state index contributed by atoms with van der Waals surface area (Å²) in [6.45, 7) is 6.22. The highest BCUT2D eigenvalue weighted by molar-refractivity contribution is 7.99. The molecule has 6 heteroatoms. The molecule has 0 aliphatic rings. The zero-order valence-corrected chi connectivity index (χ0v) is 13.6. The van der Waals surface area contributed by atoms with Crippen molar-refractivity contribution in [2.24, 2.45) is 0 Å². The average Bonchev–Trinajstić information content (AvgIpc) is 2.50. The van der Waals surface area contributed by atoms with Gasteiger partial charge in [0.2, 0.25) is 0 Å². The monoisotopic (exact) mass is 314 g/mol. The lowest BCUT2D eigenvalue weighted by molar-refractivity contribution is 0.0169. The van der Waals surface area contributed by atoms with Crippen molar-refractivity contribution in [3.63, 3.8) is 0 Å². The van der Waals surface area contributed by atoms with Crippen LogP contribution in [-0.4, -0.2) is 50.4 Å². The molecule has 0 aromatic carbocycles. The van der Waals surface area contributed by atoms with Gasteiger partial charge in [-0.3, -0.25) is 0 Å². The van der Waals surface area contributed by atoms with Gasteiger partial charge in [-0.25, -0.2) is 4.98 Å². The van der Waals surface area contributed by atoms with E-state index >= 15 is 0 Å². The van der Waals surface area contributed by atoms with Gasteiger partial charge in [0, 0.05) is 23.5 Å². The van der Waals surface area contributed by atoms with Crippen molar-refractivity contribution in [1.29, 1.82) is 0 Å². The minimum absolute atomic E-state index is 0.548. The minimum atomic E-state index is 0.548. The van der Waals surface area contributed by atoms with Crippen molar-refractivity contribution in [3.8, 4) is 0 Å². The number of rotatable bonds is 13. The van der Waals surface area contributed by atoms with Crippen molar-refractivity contribution >= 4 is 17.6 Å². The first-order valence-corrected chi connectivity index (χ1v) is 8.39. The van der Waals surface area contributed by atoms with E-state index in [0.717, 1.165) is 23.7 Å². The van der Waals surface area contributed by atoms with Crippen LogP contribution in [0.1, 0.15) is 19.8 Å². The number of pyridine rings is 1. The average molecular weight is 314 g/mol. The second-order valence-corrected chi connectivity index (χ2v) is 5.63. The van der Waals surface area contributed by atoms with E-state index in [-0.39, 0.29) is 0 Å². The van der Waals surface area contributed by atoms with E-state index in [9.17, 15) is 0 Å². The molecule has 1 aromatic heterocycles. The number of anilines is 1. The van der Waals surface area contributed by atoms with Gasteiger partial charge in [0.05, 0.1) is 33.0 Å². The van der Waals surface area contributed by atoms with Gasteiger partial charge in [0.25, 0.3) is 0 Å². The summed E-state index contributed by atoms with van der Waals surface area (Å²) < 4.78 is 16.3. The summed E-state index contributed by atoms with van der Waals surface area (Å²) in [7, 11) is 0. The lowest BCUT2D eigenvalue weighted by Gasteiger charge is -2.06. The van der Waals surface area contributed by atoms with Crippen LogP contribution < -0.4 is 5.73 Å². The molecule has 0 aliphatic carbocycles. The fourth-order valence-corrected chi connectivity index (χ4v) is 2.21. The number of hydrogen-bond donors (Lipinski definition) is 1. The van der Waals surface area contributed by atoms with E-state index in [0.29, 0.717) is 38.9 Å². The quantitative estimate of drug-likeness (QED) is 0.446. The van der Waals surface area contributed by atoms with Crippen LogP contribution in [0.3, 0.4) is 0 Å². The van der Waals surface area contributed by atoms with Crippen molar-refractivity contribution in [3.05, 3.63) is 18.3 Å². The SMILES string of the molecule is CCCCOCCOCCOCCSc1ccc(N)nc1. The maximum Gasteiger partial charge on any atom is 0.123 e. The second kappa shape index (κ2) is 12.9. The van der Waals surface area contributed by atoms with Crippen LogP contribution in [0.4, 0.5) is 5.82 Å². The highest BCUT2D eigenvalue weighted by Gasteiger charge is 1.96. The first-order valence-electron chi connectivity index (χ1n) is 7.40. The molecule has 120 valence electrons. The number of unbranched alkanes of at least 4 members (excludes halogenated alkanes) is 1. The van der Waals surface area contributed by atoms with E-state index in [2.05, 4.69) is 11.9 Å². The molecule has 1 heterocycles. The smallest absolute Gasteiger partial charge is 0.123 e. The topological polar surface area (TPSA) is 66.6 Å². The third-order valence-corrected chi connectivity index (χ3v) is 3.59. The maximum atomic E-state index is 5.53. The number of nitrogens with two attached hydrogens (primary N) is 1. The molecule has 0 aliphatic heterocycles. The van der Waals surface area contributed by atoms with E-state index in [1.807, 2.05) is 6.07 Å². The molecule has 5 nitrogen and oxygen atoms in total. The lowest BCUT2D eigenvalue weighted by Crippen LogP contribution is -2.10. The summed E-state index contributed by atoms with van der Waals surface area (Å²) >= 11 is 1.70. The molecule has 1 rings (SSSR count). The maximum absolute atomic E-state index is 5.53. The summed E-state index contributed by atoms with van der Waals surface area (Å²) in [5.41, 5.74) is 5.53. The van der Waals surface area contributed by atoms with Crippen LogP contribution in [0.2, 0.25) is 0 Å². The van der Waals surface area contributed by atoms with E-state index in [1.54, 1.807) is 24.0 Å².